The number of nitrogens with two attached hydrogens (primary N) is 1. The van der Waals surface area contributed by atoms with Crippen LogP contribution in [0.1, 0.15) is 43.9 Å². The standard InChI is InChI=1S/C16H26N2/c1-3-13-8-5-6-10-15(13)16-14(12-17)9-7-11-18(16)4-2/h5-6,8,10,14,16H,3-4,7,9,11-12,17H2,1-2H3. The maximum absolute atomic E-state index is 6.01. The first kappa shape index (κ1) is 13.6. The Labute approximate surface area is 111 Å². The third-order valence-corrected chi connectivity index (χ3v) is 4.32. The number of hydrogen-bond donors (Lipinski definition) is 1. The summed E-state index contributed by atoms with van der Waals surface area (Å²) in [5.41, 5.74) is 9.01. The summed E-state index contributed by atoms with van der Waals surface area (Å²) in [5.74, 6) is 0.617. The summed E-state index contributed by atoms with van der Waals surface area (Å²) >= 11 is 0. The molecule has 1 saturated heterocycles. The van der Waals surface area contributed by atoms with Crippen molar-refractivity contribution in [2.45, 2.75) is 39.2 Å². The molecule has 2 nitrogen and oxygen atoms in total. The van der Waals surface area contributed by atoms with Gasteiger partial charge in [-0.15, -0.1) is 0 Å². The Balaban J connectivity index is 2.36. The van der Waals surface area contributed by atoms with Gasteiger partial charge in [0.05, 0.1) is 0 Å². The maximum atomic E-state index is 6.01. The van der Waals surface area contributed by atoms with Crippen molar-refractivity contribution in [3.05, 3.63) is 35.4 Å². The fourth-order valence-electron chi connectivity index (χ4n) is 3.35. The molecule has 2 atom stereocenters. The van der Waals surface area contributed by atoms with Crippen molar-refractivity contribution < 1.29 is 0 Å². The Bertz CT molecular complexity index is 363. The van der Waals surface area contributed by atoms with E-state index in [1.807, 2.05) is 0 Å². The van der Waals surface area contributed by atoms with Gasteiger partial charge in [0.25, 0.3) is 0 Å². The minimum absolute atomic E-state index is 0.532. The summed E-state index contributed by atoms with van der Waals surface area (Å²) in [5, 5.41) is 0. The Hall–Kier alpha value is -0.860. The SMILES string of the molecule is CCc1ccccc1C1C(CN)CCCN1CC. The first-order valence-electron chi connectivity index (χ1n) is 7.33. The highest BCUT2D eigenvalue weighted by molar-refractivity contribution is 5.31. The summed E-state index contributed by atoms with van der Waals surface area (Å²) < 4.78 is 0. The molecule has 2 unspecified atom stereocenters. The second-order valence-corrected chi connectivity index (χ2v) is 5.26. The first-order valence-corrected chi connectivity index (χ1v) is 7.33. The zero-order valence-electron chi connectivity index (χ0n) is 11.7. The van der Waals surface area contributed by atoms with E-state index in [1.54, 1.807) is 0 Å². The Morgan fingerprint density at radius 2 is 2.06 bits per heavy atom. The monoisotopic (exact) mass is 246 g/mol. The zero-order valence-corrected chi connectivity index (χ0v) is 11.7. The molecule has 0 aromatic heterocycles. The topological polar surface area (TPSA) is 29.3 Å². The summed E-state index contributed by atoms with van der Waals surface area (Å²) in [4.78, 5) is 2.61. The lowest BCUT2D eigenvalue weighted by Crippen LogP contribution is -2.41. The summed E-state index contributed by atoms with van der Waals surface area (Å²) in [6.07, 6.45) is 3.68. The number of nitrogens with zero attached hydrogens (tertiary/aromatic N) is 1. The lowest BCUT2D eigenvalue weighted by Gasteiger charge is -2.41. The van der Waals surface area contributed by atoms with Crippen LogP contribution in [-0.4, -0.2) is 24.5 Å². The second kappa shape index (κ2) is 6.35. The Kier molecular flexibility index (Phi) is 4.79. The van der Waals surface area contributed by atoms with Crippen LogP contribution in [0, 0.1) is 5.92 Å². The fraction of sp³-hybridized carbons (Fsp3) is 0.625. The van der Waals surface area contributed by atoms with Crippen LogP contribution in [0.15, 0.2) is 24.3 Å². The number of likely N-dealkylation sites (tertiary alicyclic amines) is 1. The maximum Gasteiger partial charge on any atom is 0.0390 e. The molecule has 0 saturated carbocycles. The molecule has 0 aliphatic carbocycles. The van der Waals surface area contributed by atoms with Gasteiger partial charge in [0.1, 0.15) is 0 Å². The van der Waals surface area contributed by atoms with E-state index in [2.05, 4.69) is 43.0 Å². The molecule has 2 heteroatoms. The van der Waals surface area contributed by atoms with Gasteiger partial charge in [0, 0.05) is 6.04 Å². The van der Waals surface area contributed by atoms with Crippen LogP contribution in [0.4, 0.5) is 0 Å². The highest BCUT2D eigenvalue weighted by atomic mass is 15.2. The Morgan fingerprint density at radius 3 is 2.72 bits per heavy atom. The Morgan fingerprint density at radius 1 is 1.28 bits per heavy atom. The summed E-state index contributed by atoms with van der Waals surface area (Å²) in [7, 11) is 0. The van der Waals surface area contributed by atoms with Crippen LogP contribution in [0.3, 0.4) is 0 Å². The molecule has 1 fully saturated rings. The van der Waals surface area contributed by atoms with Gasteiger partial charge in [-0.1, -0.05) is 38.1 Å². The largest absolute Gasteiger partial charge is 0.330 e. The number of rotatable bonds is 4. The molecule has 1 aliphatic rings. The minimum Gasteiger partial charge on any atom is -0.330 e. The zero-order chi connectivity index (χ0) is 13.0. The smallest absolute Gasteiger partial charge is 0.0390 e. The molecule has 0 spiro atoms. The van der Waals surface area contributed by atoms with Crippen LogP contribution in [-0.2, 0) is 6.42 Å². The van der Waals surface area contributed by atoms with E-state index in [0.29, 0.717) is 12.0 Å². The summed E-state index contributed by atoms with van der Waals surface area (Å²) in [6, 6.07) is 9.43. The molecule has 2 N–H and O–H groups in total. The average Bonchev–Trinajstić information content (AvgIpc) is 2.46. The van der Waals surface area contributed by atoms with Crippen molar-refractivity contribution >= 4 is 0 Å². The normalized spacial score (nSPS) is 25.3. The quantitative estimate of drug-likeness (QED) is 0.885. The van der Waals surface area contributed by atoms with E-state index >= 15 is 0 Å². The molecule has 1 aliphatic heterocycles. The highest BCUT2D eigenvalue weighted by Gasteiger charge is 2.31. The molecule has 0 bridgehead atoms. The lowest BCUT2D eigenvalue weighted by atomic mass is 9.82. The van der Waals surface area contributed by atoms with Gasteiger partial charge in [-0.2, -0.15) is 0 Å². The van der Waals surface area contributed by atoms with Gasteiger partial charge >= 0.3 is 0 Å². The molecule has 0 radical (unpaired) electrons. The number of piperidine rings is 1. The van der Waals surface area contributed by atoms with Crippen molar-refractivity contribution in [1.29, 1.82) is 0 Å². The van der Waals surface area contributed by atoms with E-state index in [4.69, 9.17) is 5.73 Å². The van der Waals surface area contributed by atoms with Crippen LogP contribution in [0.25, 0.3) is 0 Å². The van der Waals surface area contributed by atoms with Gasteiger partial charge in [0.2, 0.25) is 0 Å². The molecular formula is C16H26N2. The number of benzene rings is 1. The van der Waals surface area contributed by atoms with Gasteiger partial charge in [-0.25, -0.2) is 0 Å². The van der Waals surface area contributed by atoms with Crippen molar-refractivity contribution in [1.82, 2.24) is 4.90 Å². The van der Waals surface area contributed by atoms with Gasteiger partial charge in [0.15, 0.2) is 0 Å². The van der Waals surface area contributed by atoms with Gasteiger partial charge in [-0.3, -0.25) is 4.90 Å². The second-order valence-electron chi connectivity index (χ2n) is 5.26. The van der Waals surface area contributed by atoms with Crippen LogP contribution in [0.2, 0.25) is 0 Å². The van der Waals surface area contributed by atoms with Crippen LogP contribution < -0.4 is 5.73 Å². The molecule has 1 aromatic carbocycles. The minimum atomic E-state index is 0.532. The van der Waals surface area contributed by atoms with E-state index in [9.17, 15) is 0 Å². The van der Waals surface area contributed by atoms with E-state index in [-0.39, 0.29) is 0 Å². The lowest BCUT2D eigenvalue weighted by molar-refractivity contribution is 0.101. The van der Waals surface area contributed by atoms with Gasteiger partial charge < -0.3 is 5.73 Å². The van der Waals surface area contributed by atoms with Crippen LogP contribution >= 0.6 is 0 Å². The summed E-state index contributed by atoms with van der Waals surface area (Å²) in [6.45, 7) is 7.66. The van der Waals surface area contributed by atoms with E-state index in [0.717, 1.165) is 19.5 Å². The van der Waals surface area contributed by atoms with E-state index < -0.39 is 0 Å². The average molecular weight is 246 g/mol. The molecule has 1 heterocycles. The molecule has 18 heavy (non-hydrogen) atoms. The molecule has 100 valence electrons. The molecule has 1 aromatic rings. The van der Waals surface area contributed by atoms with Crippen molar-refractivity contribution in [2.24, 2.45) is 11.7 Å². The van der Waals surface area contributed by atoms with Gasteiger partial charge in [-0.05, 0) is 55.9 Å². The number of aryl methyl sites for hydroxylation is 1. The van der Waals surface area contributed by atoms with Crippen LogP contribution in [0.5, 0.6) is 0 Å². The molecular weight excluding hydrogens is 220 g/mol. The molecule has 0 amide bonds. The third kappa shape index (κ3) is 2.60. The predicted molar refractivity (Wildman–Crippen MR) is 77.6 cm³/mol. The molecule has 2 rings (SSSR count). The van der Waals surface area contributed by atoms with Crippen molar-refractivity contribution in [3.63, 3.8) is 0 Å². The van der Waals surface area contributed by atoms with E-state index in [1.165, 1.54) is 30.5 Å². The first-order chi connectivity index (χ1) is 8.81. The van der Waals surface area contributed by atoms with Crippen molar-refractivity contribution in [2.75, 3.05) is 19.6 Å². The fourth-order valence-corrected chi connectivity index (χ4v) is 3.35. The predicted octanol–water partition coefficient (Wildman–Crippen LogP) is 2.98. The number of hydrogen-bond acceptors (Lipinski definition) is 2. The van der Waals surface area contributed by atoms with Crippen molar-refractivity contribution in [3.8, 4) is 0 Å². The highest BCUT2D eigenvalue weighted by Crippen LogP contribution is 2.36. The third-order valence-electron chi connectivity index (χ3n) is 4.32.